The van der Waals surface area contributed by atoms with Gasteiger partial charge in [0.25, 0.3) is 0 Å². The molecule has 0 aliphatic carbocycles. The van der Waals surface area contributed by atoms with E-state index in [4.69, 9.17) is 10.5 Å². The number of nitrogens with zero attached hydrogens (tertiary/aromatic N) is 2. The molecular formula is C17H25N3O3. The highest BCUT2D eigenvalue weighted by Gasteiger charge is 2.29. The molecule has 126 valence electrons. The summed E-state index contributed by atoms with van der Waals surface area (Å²) >= 11 is 0. The van der Waals surface area contributed by atoms with Crippen LogP contribution in [0.5, 0.6) is 0 Å². The first kappa shape index (κ1) is 17.3. The van der Waals surface area contributed by atoms with Crippen molar-refractivity contribution in [2.45, 2.75) is 26.0 Å². The van der Waals surface area contributed by atoms with E-state index in [9.17, 15) is 9.59 Å². The smallest absolute Gasteiger partial charge is 0.409 e. The largest absolute Gasteiger partial charge is 0.445 e. The zero-order valence-corrected chi connectivity index (χ0v) is 13.8. The van der Waals surface area contributed by atoms with E-state index >= 15 is 0 Å². The normalized spacial score (nSPS) is 18.6. The van der Waals surface area contributed by atoms with Gasteiger partial charge in [-0.3, -0.25) is 4.79 Å². The third-order valence-electron chi connectivity index (χ3n) is 4.04. The van der Waals surface area contributed by atoms with Gasteiger partial charge in [-0.05, 0) is 24.8 Å². The second kappa shape index (κ2) is 7.97. The number of amides is 2. The van der Waals surface area contributed by atoms with Crippen molar-refractivity contribution in [2.24, 2.45) is 11.7 Å². The first-order chi connectivity index (χ1) is 11.0. The number of benzene rings is 1. The fraction of sp³-hybridized carbons (Fsp3) is 0.529. The van der Waals surface area contributed by atoms with Crippen LogP contribution in [0.25, 0.3) is 0 Å². The van der Waals surface area contributed by atoms with E-state index in [-0.39, 0.29) is 24.5 Å². The Hall–Kier alpha value is -2.08. The van der Waals surface area contributed by atoms with E-state index in [1.807, 2.05) is 30.3 Å². The maximum atomic E-state index is 12.0. The number of rotatable bonds is 5. The Labute approximate surface area is 137 Å². The van der Waals surface area contributed by atoms with Crippen molar-refractivity contribution in [3.05, 3.63) is 35.9 Å². The summed E-state index contributed by atoms with van der Waals surface area (Å²) in [7, 11) is 1.73. The van der Waals surface area contributed by atoms with Crippen LogP contribution in [-0.4, -0.2) is 54.5 Å². The summed E-state index contributed by atoms with van der Waals surface area (Å²) in [6, 6.07) is 9.11. The van der Waals surface area contributed by atoms with Crippen LogP contribution in [0.3, 0.4) is 0 Å². The standard InChI is InChI=1S/C17H25N3O3/c1-13(18)16(21)20-9-8-15(11-20)10-19(2)17(22)23-12-14-6-4-3-5-7-14/h3-7,13,15H,8-12,18H2,1-2H3/t13-,15+/m0/s1. The topological polar surface area (TPSA) is 75.9 Å². The van der Waals surface area contributed by atoms with Crippen molar-refractivity contribution in [1.82, 2.24) is 9.80 Å². The van der Waals surface area contributed by atoms with Crippen LogP contribution in [-0.2, 0) is 16.1 Å². The van der Waals surface area contributed by atoms with Crippen LogP contribution < -0.4 is 5.73 Å². The summed E-state index contributed by atoms with van der Waals surface area (Å²) in [5, 5.41) is 0. The van der Waals surface area contributed by atoms with Gasteiger partial charge in [-0.25, -0.2) is 4.79 Å². The highest BCUT2D eigenvalue weighted by Crippen LogP contribution is 2.18. The number of carbonyl (C=O) groups is 2. The molecule has 1 aromatic carbocycles. The summed E-state index contributed by atoms with van der Waals surface area (Å²) in [5.41, 5.74) is 6.59. The molecule has 1 heterocycles. The number of carbonyl (C=O) groups excluding carboxylic acids is 2. The Morgan fingerprint density at radius 2 is 2.09 bits per heavy atom. The van der Waals surface area contributed by atoms with Gasteiger partial charge in [-0.15, -0.1) is 0 Å². The molecule has 1 fully saturated rings. The predicted molar refractivity (Wildman–Crippen MR) is 87.6 cm³/mol. The summed E-state index contributed by atoms with van der Waals surface area (Å²) < 4.78 is 5.30. The van der Waals surface area contributed by atoms with Crippen LogP contribution >= 0.6 is 0 Å². The molecule has 0 radical (unpaired) electrons. The lowest BCUT2D eigenvalue weighted by Crippen LogP contribution is -2.41. The van der Waals surface area contributed by atoms with Gasteiger partial charge < -0.3 is 20.3 Å². The monoisotopic (exact) mass is 319 g/mol. The Balaban J connectivity index is 1.75. The van der Waals surface area contributed by atoms with E-state index in [1.165, 1.54) is 0 Å². The fourth-order valence-corrected chi connectivity index (χ4v) is 2.76. The zero-order chi connectivity index (χ0) is 16.8. The minimum absolute atomic E-state index is 0.0261. The Morgan fingerprint density at radius 1 is 1.39 bits per heavy atom. The van der Waals surface area contributed by atoms with E-state index in [0.29, 0.717) is 19.6 Å². The van der Waals surface area contributed by atoms with E-state index < -0.39 is 6.04 Å². The fourth-order valence-electron chi connectivity index (χ4n) is 2.76. The van der Waals surface area contributed by atoms with Gasteiger partial charge in [-0.2, -0.15) is 0 Å². The summed E-state index contributed by atoms with van der Waals surface area (Å²) in [6.07, 6.45) is 0.542. The maximum Gasteiger partial charge on any atom is 0.409 e. The van der Waals surface area contributed by atoms with Crippen molar-refractivity contribution in [1.29, 1.82) is 0 Å². The number of hydrogen-bond donors (Lipinski definition) is 1. The van der Waals surface area contributed by atoms with Crippen LogP contribution in [0.2, 0.25) is 0 Å². The third kappa shape index (κ3) is 4.96. The van der Waals surface area contributed by atoms with Crippen molar-refractivity contribution >= 4 is 12.0 Å². The second-order valence-electron chi connectivity index (χ2n) is 6.15. The Morgan fingerprint density at radius 3 is 2.74 bits per heavy atom. The summed E-state index contributed by atoms with van der Waals surface area (Å²) in [5.74, 6) is 0.244. The molecule has 2 rings (SSSR count). The van der Waals surface area contributed by atoms with Crippen molar-refractivity contribution in [3.8, 4) is 0 Å². The van der Waals surface area contributed by atoms with Crippen molar-refractivity contribution in [2.75, 3.05) is 26.7 Å². The molecule has 1 aliphatic rings. The molecule has 0 unspecified atom stereocenters. The minimum Gasteiger partial charge on any atom is -0.445 e. The molecule has 2 N–H and O–H groups in total. The zero-order valence-electron chi connectivity index (χ0n) is 13.8. The van der Waals surface area contributed by atoms with Crippen LogP contribution in [0.4, 0.5) is 4.79 Å². The molecule has 2 amide bonds. The van der Waals surface area contributed by atoms with Gasteiger partial charge in [0.05, 0.1) is 6.04 Å². The van der Waals surface area contributed by atoms with E-state index in [1.54, 1.807) is 23.8 Å². The molecule has 1 aliphatic heterocycles. The highest BCUT2D eigenvalue weighted by molar-refractivity contribution is 5.81. The van der Waals surface area contributed by atoms with Gasteiger partial charge in [0.2, 0.25) is 5.91 Å². The number of likely N-dealkylation sites (tertiary alicyclic amines) is 1. The van der Waals surface area contributed by atoms with Gasteiger partial charge in [0.15, 0.2) is 0 Å². The average molecular weight is 319 g/mol. The molecule has 6 nitrogen and oxygen atoms in total. The quantitative estimate of drug-likeness (QED) is 0.891. The lowest BCUT2D eigenvalue weighted by Gasteiger charge is -2.22. The van der Waals surface area contributed by atoms with E-state index in [2.05, 4.69) is 0 Å². The lowest BCUT2D eigenvalue weighted by atomic mass is 10.1. The van der Waals surface area contributed by atoms with Gasteiger partial charge >= 0.3 is 6.09 Å². The predicted octanol–water partition coefficient (Wildman–Crippen LogP) is 1.45. The second-order valence-corrected chi connectivity index (χ2v) is 6.15. The molecular weight excluding hydrogens is 294 g/mol. The molecule has 0 bridgehead atoms. The van der Waals surface area contributed by atoms with Crippen LogP contribution in [0.1, 0.15) is 18.9 Å². The summed E-state index contributed by atoms with van der Waals surface area (Å²) in [6.45, 7) is 3.90. The number of ether oxygens (including phenoxy) is 1. The van der Waals surface area contributed by atoms with Crippen molar-refractivity contribution < 1.29 is 14.3 Å². The van der Waals surface area contributed by atoms with Gasteiger partial charge in [0, 0.05) is 26.7 Å². The molecule has 2 atom stereocenters. The molecule has 1 aromatic rings. The first-order valence-corrected chi connectivity index (χ1v) is 7.93. The third-order valence-corrected chi connectivity index (χ3v) is 4.04. The average Bonchev–Trinajstić information content (AvgIpc) is 3.01. The molecule has 0 spiro atoms. The first-order valence-electron chi connectivity index (χ1n) is 7.93. The van der Waals surface area contributed by atoms with Crippen LogP contribution in [0, 0.1) is 5.92 Å². The highest BCUT2D eigenvalue weighted by atomic mass is 16.6. The minimum atomic E-state index is -0.470. The van der Waals surface area contributed by atoms with Crippen molar-refractivity contribution in [3.63, 3.8) is 0 Å². The molecule has 0 aromatic heterocycles. The summed E-state index contributed by atoms with van der Waals surface area (Å²) in [4.78, 5) is 27.2. The maximum absolute atomic E-state index is 12.0. The SMILES string of the molecule is C[C@H](N)C(=O)N1CC[C@H](CN(C)C(=O)OCc2ccccc2)C1. The Bertz CT molecular complexity index is 533. The van der Waals surface area contributed by atoms with E-state index in [0.717, 1.165) is 12.0 Å². The van der Waals surface area contributed by atoms with Gasteiger partial charge in [0.1, 0.15) is 6.61 Å². The lowest BCUT2D eigenvalue weighted by molar-refractivity contribution is -0.131. The molecule has 6 heteroatoms. The molecule has 23 heavy (non-hydrogen) atoms. The van der Waals surface area contributed by atoms with Crippen LogP contribution in [0.15, 0.2) is 30.3 Å². The number of hydrogen-bond acceptors (Lipinski definition) is 4. The Kier molecular flexibility index (Phi) is 5.98. The number of nitrogens with two attached hydrogens (primary N) is 1. The molecule has 1 saturated heterocycles. The molecule has 0 saturated carbocycles. The van der Waals surface area contributed by atoms with Gasteiger partial charge in [-0.1, -0.05) is 30.3 Å².